The van der Waals surface area contributed by atoms with Crippen molar-refractivity contribution in [2.75, 3.05) is 0 Å². The molecule has 5 aromatic carbocycles. The molecule has 8 rings (SSSR count). The standard InChI is InChI=1S/C43H31N3/c1-2-8-30(9-3-1)32-15-20-34(21-16-32)41-28-42(39-13-6-12-37(27-39)40-14-7-25-44-29-40)46-43(45-41)35-22-17-33(18-23-35)38-24-19-31-10-4-5-11-36(31)26-38/h1-8,10-30H,9H2. The summed E-state index contributed by atoms with van der Waals surface area (Å²) in [5.41, 5.74) is 10.7. The first kappa shape index (κ1) is 27.6. The minimum Gasteiger partial charge on any atom is -0.264 e. The normalized spacial score (nSPS) is 14.0. The van der Waals surface area contributed by atoms with E-state index in [1.807, 2.05) is 12.3 Å². The molecule has 0 N–H and O–H groups in total. The third-order valence-corrected chi connectivity index (χ3v) is 8.72. The average Bonchev–Trinajstić information content (AvgIpc) is 3.15. The summed E-state index contributed by atoms with van der Waals surface area (Å²) in [5.74, 6) is 1.11. The van der Waals surface area contributed by atoms with Gasteiger partial charge in [0.05, 0.1) is 11.4 Å². The van der Waals surface area contributed by atoms with Gasteiger partial charge >= 0.3 is 0 Å². The Morgan fingerprint density at radius 3 is 1.96 bits per heavy atom. The van der Waals surface area contributed by atoms with Crippen LogP contribution in [0, 0.1) is 0 Å². The molecule has 1 aliphatic carbocycles. The molecule has 0 saturated heterocycles. The van der Waals surface area contributed by atoms with Crippen molar-refractivity contribution < 1.29 is 0 Å². The summed E-state index contributed by atoms with van der Waals surface area (Å²) < 4.78 is 0. The minimum absolute atomic E-state index is 0.409. The summed E-state index contributed by atoms with van der Waals surface area (Å²) in [4.78, 5) is 14.6. The molecular weight excluding hydrogens is 558 g/mol. The molecule has 0 radical (unpaired) electrons. The Morgan fingerprint density at radius 1 is 0.478 bits per heavy atom. The first-order chi connectivity index (χ1) is 22.8. The van der Waals surface area contributed by atoms with Crippen molar-refractivity contribution in [3.8, 4) is 56.2 Å². The fraction of sp³-hybridized carbons (Fsp3) is 0.0465. The van der Waals surface area contributed by atoms with Crippen molar-refractivity contribution in [3.05, 3.63) is 176 Å². The quantitative estimate of drug-likeness (QED) is 0.194. The van der Waals surface area contributed by atoms with E-state index in [9.17, 15) is 0 Å². The van der Waals surface area contributed by atoms with Crippen molar-refractivity contribution in [1.82, 2.24) is 15.0 Å². The molecule has 7 aromatic rings. The van der Waals surface area contributed by atoms with Gasteiger partial charge in [-0.05, 0) is 63.7 Å². The van der Waals surface area contributed by atoms with E-state index < -0.39 is 0 Å². The average molecular weight is 590 g/mol. The van der Waals surface area contributed by atoms with E-state index in [2.05, 4.69) is 157 Å². The largest absolute Gasteiger partial charge is 0.264 e. The fourth-order valence-electron chi connectivity index (χ4n) is 6.17. The molecule has 1 atom stereocenters. The maximum atomic E-state index is 5.13. The highest BCUT2D eigenvalue weighted by Gasteiger charge is 2.14. The second-order valence-electron chi connectivity index (χ2n) is 11.7. The van der Waals surface area contributed by atoms with Crippen LogP contribution in [0.3, 0.4) is 0 Å². The lowest BCUT2D eigenvalue weighted by Gasteiger charge is -2.14. The maximum Gasteiger partial charge on any atom is 0.160 e. The molecule has 3 nitrogen and oxygen atoms in total. The predicted molar refractivity (Wildman–Crippen MR) is 190 cm³/mol. The van der Waals surface area contributed by atoms with Crippen molar-refractivity contribution in [3.63, 3.8) is 0 Å². The number of aromatic nitrogens is 3. The molecule has 1 aliphatic rings. The van der Waals surface area contributed by atoms with E-state index in [4.69, 9.17) is 9.97 Å². The van der Waals surface area contributed by atoms with Crippen LogP contribution in [0.4, 0.5) is 0 Å². The van der Waals surface area contributed by atoms with E-state index in [1.54, 1.807) is 6.20 Å². The first-order valence-corrected chi connectivity index (χ1v) is 15.7. The van der Waals surface area contributed by atoms with Crippen LogP contribution < -0.4 is 0 Å². The molecule has 1 unspecified atom stereocenters. The Labute approximate surface area is 269 Å². The Bertz CT molecular complexity index is 2210. The third-order valence-electron chi connectivity index (χ3n) is 8.72. The van der Waals surface area contributed by atoms with E-state index in [0.717, 1.165) is 51.2 Å². The Hall–Kier alpha value is -5.93. The highest BCUT2D eigenvalue weighted by molar-refractivity contribution is 5.87. The molecule has 0 amide bonds. The number of fused-ring (bicyclic) bond motifs is 1. The monoisotopic (exact) mass is 589 g/mol. The van der Waals surface area contributed by atoms with E-state index in [1.165, 1.54) is 21.9 Å². The van der Waals surface area contributed by atoms with Crippen LogP contribution in [0.5, 0.6) is 0 Å². The summed E-state index contributed by atoms with van der Waals surface area (Å²) in [6.07, 6.45) is 13.5. The number of pyridine rings is 1. The molecule has 2 heterocycles. The Kier molecular flexibility index (Phi) is 7.33. The van der Waals surface area contributed by atoms with Crippen molar-refractivity contribution in [1.29, 1.82) is 0 Å². The van der Waals surface area contributed by atoms with Crippen molar-refractivity contribution >= 4 is 10.8 Å². The summed E-state index contributed by atoms with van der Waals surface area (Å²) in [6.45, 7) is 0. The van der Waals surface area contributed by atoms with Gasteiger partial charge in [0.15, 0.2) is 5.82 Å². The number of benzene rings is 5. The van der Waals surface area contributed by atoms with Gasteiger partial charge in [0, 0.05) is 40.6 Å². The van der Waals surface area contributed by atoms with Gasteiger partial charge in [0.2, 0.25) is 0 Å². The Morgan fingerprint density at radius 2 is 1.17 bits per heavy atom. The third kappa shape index (κ3) is 5.67. The molecule has 0 bridgehead atoms. The maximum absolute atomic E-state index is 5.13. The lowest BCUT2D eigenvalue weighted by molar-refractivity contribution is 0.854. The molecule has 0 saturated carbocycles. The lowest BCUT2D eigenvalue weighted by Crippen LogP contribution is -1.98. The molecule has 0 aliphatic heterocycles. The molecular formula is C43H31N3. The van der Waals surface area contributed by atoms with Gasteiger partial charge in [-0.2, -0.15) is 0 Å². The second-order valence-corrected chi connectivity index (χ2v) is 11.7. The van der Waals surface area contributed by atoms with Crippen LogP contribution >= 0.6 is 0 Å². The summed E-state index contributed by atoms with van der Waals surface area (Å²) in [6, 6.07) is 47.2. The van der Waals surface area contributed by atoms with Crippen molar-refractivity contribution in [2.24, 2.45) is 0 Å². The summed E-state index contributed by atoms with van der Waals surface area (Å²) in [7, 11) is 0. The zero-order valence-corrected chi connectivity index (χ0v) is 25.3. The minimum atomic E-state index is 0.409. The van der Waals surface area contributed by atoms with Gasteiger partial charge < -0.3 is 0 Å². The highest BCUT2D eigenvalue weighted by atomic mass is 14.9. The SMILES string of the molecule is C1=CCC(c2ccc(-c3cc(-c4cccc(-c5cccnc5)c4)nc(-c4ccc(-c5ccc6ccccc6c5)cc4)n3)cc2)C=C1. The summed E-state index contributed by atoms with van der Waals surface area (Å²) in [5, 5.41) is 2.48. The van der Waals surface area contributed by atoms with Crippen LogP contribution in [0.15, 0.2) is 170 Å². The zero-order valence-electron chi connectivity index (χ0n) is 25.3. The fourth-order valence-corrected chi connectivity index (χ4v) is 6.17. The van der Waals surface area contributed by atoms with Gasteiger partial charge in [-0.25, -0.2) is 9.97 Å². The van der Waals surface area contributed by atoms with Crippen molar-refractivity contribution in [2.45, 2.75) is 12.3 Å². The van der Waals surface area contributed by atoms with Crippen LogP contribution in [-0.2, 0) is 0 Å². The van der Waals surface area contributed by atoms with E-state index in [-0.39, 0.29) is 0 Å². The molecule has 2 aromatic heterocycles. The van der Waals surface area contributed by atoms with Crippen LogP contribution in [0.2, 0.25) is 0 Å². The number of hydrogen-bond acceptors (Lipinski definition) is 3. The van der Waals surface area contributed by atoms with Gasteiger partial charge in [0.1, 0.15) is 0 Å². The highest BCUT2D eigenvalue weighted by Crippen LogP contribution is 2.33. The summed E-state index contributed by atoms with van der Waals surface area (Å²) >= 11 is 0. The number of rotatable bonds is 6. The topological polar surface area (TPSA) is 38.7 Å². The van der Waals surface area contributed by atoms with Gasteiger partial charge in [0.25, 0.3) is 0 Å². The zero-order chi connectivity index (χ0) is 30.7. The second kappa shape index (κ2) is 12.2. The first-order valence-electron chi connectivity index (χ1n) is 15.7. The predicted octanol–water partition coefficient (Wildman–Crippen LogP) is 11.0. The van der Waals surface area contributed by atoms with Crippen LogP contribution in [0.25, 0.3) is 66.9 Å². The molecule has 218 valence electrons. The Balaban J connectivity index is 1.19. The van der Waals surface area contributed by atoms with Gasteiger partial charge in [-0.1, -0.05) is 133 Å². The van der Waals surface area contributed by atoms with E-state index in [0.29, 0.717) is 11.7 Å². The number of hydrogen-bond donors (Lipinski definition) is 0. The van der Waals surface area contributed by atoms with Crippen LogP contribution in [0.1, 0.15) is 17.9 Å². The molecule has 46 heavy (non-hydrogen) atoms. The van der Waals surface area contributed by atoms with Gasteiger partial charge in [-0.15, -0.1) is 0 Å². The molecule has 0 spiro atoms. The van der Waals surface area contributed by atoms with Crippen LogP contribution in [-0.4, -0.2) is 15.0 Å². The van der Waals surface area contributed by atoms with Gasteiger partial charge in [-0.3, -0.25) is 4.98 Å². The smallest absolute Gasteiger partial charge is 0.160 e. The molecule has 0 fully saturated rings. The number of allylic oxidation sites excluding steroid dienone is 4. The lowest BCUT2D eigenvalue weighted by atomic mass is 9.91. The molecule has 3 heteroatoms. The number of nitrogens with zero attached hydrogens (tertiary/aromatic N) is 3. The van der Waals surface area contributed by atoms with E-state index >= 15 is 0 Å².